The molecule has 0 radical (unpaired) electrons. The molecule has 12 heteroatoms. The maximum atomic E-state index is 12.8. The predicted octanol–water partition coefficient (Wildman–Crippen LogP) is 3.91. The molecule has 0 unspecified atom stereocenters. The van der Waals surface area contributed by atoms with Crippen LogP contribution in [0, 0.1) is 11.3 Å². The Morgan fingerprint density at radius 1 is 1.09 bits per heavy atom. The van der Waals surface area contributed by atoms with Gasteiger partial charge in [0.15, 0.2) is 5.82 Å². The molecule has 3 heterocycles. The second-order valence-electron chi connectivity index (χ2n) is 6.55. The van der Waals surface area contributed by atoms with E-state index >= 15 is 0 Å². The maximum Gasteiger partial charge on any atom is 0.433 e. The van der Waals surface area contributed by atoms with E-state index in [1.165, 1.54) is 23.1 Å². The van der Waals surface area contributed by atoms with Gasteiger partial charge in [-0.05, 0) is 29.8 Å². The number of halogens is 3. The molecule has 0 spiro atoms. The van der Waals surface area contributed by atoms with Crippen molar-refractivity contribution in [3.8, 4) is 17.2 Å². The van der Waals surface area contributed by atoms with Crippen LogP contribution in [-0.4, -0.2) is 25.6 Å². The number of carbonyl (C=O) groups excluding carboxylic acids is 1. The fourth-order valence-electron chi connectivity index (χ4n) is 3.09. The number of hydrogen-bond acceptors (Lipinski definition) is 6. The first-order valence-corrected chi connectivity index (χ1v) is 9.00. The first kappa shape index (κ1) is 20.6. The zero-order valence-electron chi connectivity index (χ0n) is 16.1. The third-order valence-corrected chi connectivity index (χ3v) is 4.46. The van der Waals surface area contributed by atoms with E-state index in [-0.39, 0.29) is 11.5 Å². The first-order valence-electron chi connectivity index (χ1n) is 9.00. The van der Waals surface area contributed by atoms with Gasteiger partial charge in [-0.1, -0.05) is 12.1 Å². The Labute approximate surface area is 178 Å². The Morgan fingerprint density at radius 3 is 2.50 bits per heavy atom. The van der Waals surface area contributed by atoms with Crippen LogP contribution in [0.1, 0.15) is 11.3 Å². The van der Waals surface area contributed by atoms with Gasteiger partial charge in [0.25, 0.3) is 0 Å². The number of fused-ring (bicyclic) bond motifs is 1. The van der Waals surface area contributed by atoms with Crippen molar-refractivity contribution in [2.24, 2.45) is 0 Å². The molecular formula is C20H13F3N8O. The second-order valence-corrected chi connectivity index (χ2v) is 6.55. The number of nitriles is 1. The highest BCUT2D eigenvalue weighted by molar-refractivity contribution is 6.00. The van der Waals surface area contributed by atoms with Crippen LogP contribution in [0.2, 0.25) is 0 Å². The van der Waals surface area contributed by atoms with E-state index in [0.717, 1.165) is 12.3 Å². The van der Waals surface area contributed by atoms with Crippen molar-refractivity contribution in [3.63, 3.8) is 0 Å². The number of nitrogen functional groups attached to an aromatic ring is 1. The highest BCUT2D eigenvalue weighted by Gasteiger charge is 2.32. The lowest BCUT2D eigenvalue weighted by atomic mass is 10.0. The summed E-state index contributed by atoms with van der Waals surface area (Å²) in [4.78, 5) is 19.4. The van der Waals surface area contributed by atoms with E-state index < -0.39 is 17.9 Å². The number of amides is 2. The van der Waals surface area contributed by atoms with Gasteiger partial charge < -0.3 is 16.4 Å². The summed E-state index contributed by atoms with van der Waals surface area (Å²) in [5.74, 6) is 0.202. The molecule has 0 saturated heterocycles. The summed E-state index contributed by atoms with van der Waals surface area (Å²) in [6.45, 7) is 0. The normalized spacial score (nSPS) is 11.2. The minimum absolute atomic E-state index is 0.0594. The summed E-state index contributed by atoms with van der Waals surface area (Å²) >= 11 is 0. The van der Waals surface area contributed by atoms with E-state index in [2.05, 4.69) is 31.8 Å². The van der Waals surface area contributed by atoms with Gasteiger partial charge in [-0.15, -0.1) is 0 Å². The van der Waals surface area contributed by atoms with E-state index in [0.29, 0.717) is 27.9 Å². The molecule has 4 rings (SSSR count). The van der Waals surface area contributed by atoms with Gasteiger partial charge in [0.2, 0.25) is 0 Å². The van der Waals surface area contributed by atoms with Crippen molar-refractivity contribution in [1.29, 1.82) is 5.26 Å². The van der Waals surface area contributed by atoms with Gasteiger partial charge in [-0.2, -0.15) is 23.5 Å². The van der Waals surface area contributed by atoms with E-state index in [4.69, 9.17) is 5.73 Å². The number of nitrogens with zero attached hydrogens (tertiary/aromatic N) is 5. The second kappa shape index (κ2) is 7.88. The predicted molar refractivity (Wildman–Crippen MR) is 109 cm³/mol. The molecule has 4 N–H and O–H groups in total. The number of rotatable bonds is 3. The minimum Gasteiger partial charge on any atom is -0.382 e. The Hall–Kier alpha value is -4.66. The number of benzene rings is 1. The Bertz CT molecular complexity index is 1360. The summed E-state index contributed by atoms with van der Waals surface area (Å²) in [7, 11) is 0. The van der Waals surface area contributed by atoms with Crippen molar-refractivity contribution < 1.29 is 18.0 Å². The fraction of sp³-hybridized carbons (Fsp3) is 0.0500. The average molecular weight is 438 g/mol. The third-order valence-electron chi connectivity index (χ3n) is 4.46. The fourth-order valence-corrected chi connectivity index (χ4v) is 3.09. The molecule has 2 amide bonds. The van der Waals surface area contributed by atoms with Crippen molar-refractivity contribution >= 4 is 28.7 Å². The van der Waals surface area contributed by atoms with Gasteiger partial charge in [0, 0.05) is 29.3 Å². The van der Waals surface area contributed by atoms with Crippen LogP contribution in [-0.2, 0) is 6.18 Å². The largest absolute Gasteiger partial charge is 0.433 e. The zero-order chi connectivity index (χ0) is 22.9. The van der Waals surface area contributed by atoms with Crippen LogP contribution in [0.5, 0.6) is 0 Å². The maximum absolute atomic E-state index is 12.8. The topological polar surface area (TPSA) is 134 Å². The van der Waals surface area contributed by atoms with Gasteiger partial charge in [-0.25, -0.2) is 14.3 Å². The molecule has 0 aliphatic rings. The summed E-state index contributed by atoms with van der Waals surface area (Å²) in [5, 5.41) is 18.4. The number of hydrogen-bond donors (Lipinski definition) is 3. The van der Waals surface area contributed by atoms with Crippen molar-refractivity contribution in [1.82, 2.24) is 19.6 Å². The molecule has 0 aliphatic carbocycles. The van der Waals surface area contributed by atoms with E-state index in [1.54, 1.807) is 24.3 Å². The van der Waals surface area contributed by atoms with Gasteiger partial charge in [-0.3, -0.25) is 4.98 Å². The average Bonchev–Trinajstić information content (AvgIpc) is 3.14. The van der Waals surface area contributed by atoms with Crippen LogP contribution < -0.4 is 16.4 Å². The Balaban J connectivity index is 1.54. The van der Waals surface area contributed by atoms with Crippen LogP contribution in [0.3, 0.4) is 0 Å². The van der Waals surface area contributed by atoms with Gasteiger partial charge in [0.05, 0.1) is 5.56 Å². The quantitative estimate of drug-likeness (QED) is 0.444. The lowest BCUT2D eigenvalue weighted by molar-refractivity contribution is -0.141. The van der Waals surface area contributed by atoms with Crippen molar-refractivity contribution in [2.45, 2.75) is 6.18 Å². The molecule has 32 heavy (non-hydrogen) atoms. The first-order chi connectivity index (χ1) is 15.3. The Kier molecular flexibility index (Phi) is 5.07. The smallest absolute Gasteiger partial charge is 0.382 e. The lowest BCUT2D eigenvalue weighted by Crippen LogP contribution is -2.20. The number of alkyl halides is 3. The SMILES string of the molecule is N#Cc1cn2ncnc(N)c2c1-c1ccc(NC(=O)Nc2ccnc(C(F)(F)F)c2)cc1. The van der Waals surface area contributed by atoms with Crippen LogP contribution >= 0.6 is 0 Å². The molecule has 0 bridgehead atoms. The van der Waals surface area contributed by atoms with Gasteiger partial charge >= 0.3 is 12.2 Å². The van der Waals surface area contributed by atoms with Crippen LogP contribution in [0.4, 0.5) is 35.2 Å². The summed E-state index contributed by atoms with van der Waals surface area (Å²) < 4.78 is 39.7. The summed E-state index contributed by atoms with van der Waals surface area (Å²) in [6.07, 6.45) is -0.854. The number of nitrogens with one attached hydrogen (secondary N) is 2. The summed E-state index contributed by atoms with van der Waals surface area (Å²) in [6, 6.07) is 9.80. The highest BCUT2D eigenvalue weighted by atomic mass is 19.4. The summed E-state index contributed by atoms with van der Waals surface area (Å²) in [5.41, 5.74) is 7.14. The Morgan fingerprint density at radius 2 is 1.81 bits per heavy atom. The number of anilines is 3. The molecular weight excluding hydrogens is 425 g/mol. The molecule has 1 aromatic carbocycles. The van der Waals surface area contributed by atoms with E-state index in [9.17, 15) is 23.2 Å². The molecule has 0 fully saturated rings. The highest BCUT2D eigenvalue weighted by Crippen LogP contribution is 2.32. The molecule has 0 saturated carbocycles. The van der Waals surface area contributed by atoms with Crippen LogP contribution in [0.15, 0.2) is 55.1 Å². The third kappa shape index (κ3) is 3.99. The van der Waals surface area contributed by atoms with E-state index in [1.807, 2.05) is 0 Å². The van der Waals surface area contributed by atoms with Crippen molar-refractivity contribution in [3.05, 3.63) is 66.4 Å². The molecule has 4 aromatic rings. The molecule has 9 nitrogen and oxygen atoms in total. The van der Waals surface area contributed by atoms with Gasteiger partial charge in [0.1, 0.15) is 23.6 Å². The lowest BCUT2D eigenvalue weighted by Gasteiger charge is -2.10. The standard InChI is InChI=1S/C20H13F3N8O/c21-20(22,23)15-7-14(5-6-26-15)30-19(32)29-13-3-1-11(2-4-13)16-12(8-24)9-31-17(16)18(25)27-10-28-31/h1-7,9-10H,(H2,25,27,28)(H2,26,29,30,32). The van der Waals surface area contributed by atoms with Crippen molar-refractivity contribution in [2.75, 3.05) is 16.4 Å². The number of aromatic nitrogens is 4. The number of nitrogens with two attached hydrogens (primary N) is 1. The molecule has 160 valence electrons. The molecule has 3 aromatic heterocycles. The zero-order valence-corrected chi connectivity index (χ0v) is 16.1. The molecule has 0 aliphatic heterocycles. The molecule has 0 atom stereocenters. The number of carbonyl (C=O) groups is 1. The monoisotopic (exact) mass is 438 g/mol. The number of urea groups is 1. The number of pyridine rings is 1. The van der Waals surface area contributed by atoms with Crippen LogP contribution in [0.25, 0.3) is 16.6 Å². The minimum atomic E-state index is -4.62.